The van der Waals surface area contributed by atoms with Gasteiger partial charge in [0.1, 0.15) is 0 Å². The van der Waals surface area contributed by atoms with E-state index >= 15 is 0 Å². The first-order valence-corrected chi connectivity index (χ1v) is 4.87. The Morgan fingerprint density at radius 3 is 2.92 bits per heavy atom. The summed E-state index contributed by atoms with van der Waals surface area (Å²) >= 11 is 0. The quantitative estimate of drug-likeness (QED) is 0.589. The van der Waals surface area contributed by atoms with Gasteiger partial charge in [-0.1, -0.05) is 0 Å². The van der Waals surface area contributed by atoms with Crippen molar-refractivity contribution in [2.24, 2.45) is 5.92 Å². The lowest BCUT2D eigenvalue weighted by Crippen LogP contribution is -2.44. The topological polar surface area (TPSA) is 41.5 Å². The molecule has 0 unspecified atom stereocenters. The molecule has 3 heteroatoms. The van der Waals surface area contributed by atoms with Gasteiger partial charge in [-0.05, 0) is 25.8 Å². The molecule has 0 saturated carbocycles. The Balaban J connectivity index is 1.91. The van der Waals surface area contributed by atoms with E-state index in [-0.39, 0.29) is 6.10 Å². The molecule has 12 heavy (non-hydrogen) atoms. The van der Waals surface area contributed by atoms with Crippen molar-refractivity contribution in [1.29, 1.82) is 0 Å². The van der Waals surface area contributed by atoms with Crippen LogP contribution in [0.15, 0.2) is 0 Å². The molecule has 70 valence electrons. The second kappa shape index (κ2) is 3.73. The van der Waals surface area contributed by atoms with E-state index in [2.05, 4.69) is 5.32 Å². The normalized spacial score (nSPS) is 43.2. The van der Waals surface area contributed by atoms with Crippen LogP contribution in [-0.2, 0) is 4.74 Å². The molecule has 2 aliphatic heterocycles. The van der Waals surface area contributed by atoms with Gasteiger partial charge in [-0.25, -0.2) is 0 Å². The van der Waals surface area contributed by atoms with Crippen LogP contribution in [-0.4, -0.2) is 37.0 Å². The van der Waals surface area contributed by atoms with Crippen molar-refractivity contribution in [3.8, 4) is 0 Å². The van der Waals surface area contributed by atoms with Crippen molar-refractivity contribution < 1.29 is 9.84 Å². The summed E-state index contributed by atoms with van der Waals surface area (Å²) in [6.45, 7) is 2.57. The summed E-state index contributed by atoms with van der Waals surface area (Å²) in [5.41, 5.74) is 0. The first-order valence-electron chi connectivity index (χ1n) is 4.87. The van der Waals surface area contributed by atoms with Crippen molar-refractivity contribution in [2.45, 2.75) is 31.4 Å². The highest BCUT2D eigenvalue weighted by molar-refractivity contribution is 4.87. The van der Waals surface area contributed by atoms with Gasteiger partial charge in [0.15, 0.2) is 0 Å². The van der Waals surface area contributed by atoms with Crippen LogP contribution in [0.4, 0.5) is 0 Å². The molecular weight excluding hydrogens is 154 g/mol. The molecule has 0 aromatic heterocycles. The number of aliphatic hydroxyl groups excluding tert-OH is 1. The van der Waals surface area contributed by atoms with E-state index in [1.807, 2.05) is 0 Å². The van der Waals surface area contributed by atoms with Crippen LogP contribution in [0.2, 0.25) is 0 Å². The summed E-state index contributed by atoms with van der Waals surface area (Å²) in [6.07, 6.45) is 3.11. The van der Waals surface area contributed by atoms with Gasteiger partial charge in [0.25, 0.3) is 0 Å². The van der Waals surface area contributed by atoms with Crippen LogP contribution in [0.25, 0.3) is 0 Å². The van der Waals surface area contributed by atoms with Crippen molar-refractivity contribution in [1.82, 2.24) is 5.32 Å². The lowest BCUT2D eigenvalue weighted by molar-refractivity contribution is -0.0466. The average molecular weight is 171 g/mol. The van der Waals surface area contributed by atoms with Crippen molar-refractivity contribution in [3.63, 3.8) is 0 Å². The van der Waals surface area contributed by atoms with E-state index in [9.17, 15) is 5.11 Å². The number of nitrogens with one attached hydrogen (secondary N) is 1. The fourth-order valence-electron chi connectivity index (χ4n) is 2.21. The third kappa shape index (κ3) is 1.63. The predicted molar refractivity (Wildman–Crippen MR) is 46.0 cm³/mol. The summed E-state index contributed by atoms with van der Waals surface area (Å²) in [4.78, 5) is 0. The molecule has 0 bridgehead atoms. The summed E-state index contributed by atoms with van der Waals surface area (Å²) in [5, 5.41) is 13.1. The van der Waals surface area contributed by atoms with Gasteiger partial charge in [-0.3, -0.25) is 0 Å². The molecule has 0 radical (unpaired) electrons. The molecule has 0 spiro atoms. The van der Waals surface area contributed by atoms with Crippen molar-refractivity contribution in [2.75, 3.05) is 19.8 Å². The predicted octanol–water partition coefficient (Wildman–Crippen LogP) is 0.136. The van der Waals surface area contributed by atoms with Crippen LogP contribution in [0.5, 0.6) is 0 Å². The molecule has 2 fully saturated rings. The molecule has 0 aromatic rings. The molecule has 0 amide bonds. The summed E-state index contributed by atoms with van der Waals surface area (Å²) in [5.74, 6) is 0.334. The van der Waals surface area contributed by atoms with Gasteiger partial charge >= 0.3 is 0 Å². The molecule has 3 nitrogen and oxygen atoms in total. The number of hydrogen-bond donors (Lipinski definition) is 2. The maximum absolute atomic E-state index is 9.71. The van der Waals surface area contributed by atoms with Gasteiger partial charge in [0.2, 0.25) is 0 Å². The Labute approximate surface area is 73.1 Å². The largest absolute Gasteiger partial charge is 0.393 e. The van der Waals surface area contributed by atoms with Gasteiger partial charge in [-0.2, -0.15) is 0 Å². The van der Waals surface area contributed by atoms with E-state index in [1.165, 1.54) is 12.8 Å². The molecule has 2 rings (SSSR count). The number of hydrogen-bond acceptors (Lipinski definition) is 3. The second-order valence-corrected chi connectivity index (χ2v) is 3.80. The van der Waals surface area contributed by atoms with Gasteiger partial charge in [0, 0.05) is 18.6 Å². The van der Waals surface area contributed by atoms with E-state index in [4.69, 9.17) is 4.74 Å². The molecule has 2 heterocycles. The fraction of sp³-hybridized carbons (Fsp3) is 1.00. The third-order valence-corrected chi connectivity index (χ3v) is 2.98. The molecule has 2 saturated heterocycles. The zero-order valence-corrected chi connectivity index (χ0v) is 7.33. The monoisotopic (exact) mass is 171 g/mol. The summed E-state index contributed by atoms with van der Waals surface area (Å²) in [7, 11) is 0. The average Bonchev–Trinajstić information content (AvgIpc) is 2.57. The number of aliphatic hydroxyl groups is 1. The fourth-order valence-corrected chi connectivity index (χ4v) is 2.21. The zero-order chi connectivity index (χ0) is 8.39. The Kier molecular flexibility index (Phi) is 2.63. The Hall–Kier alpha value is -0.120. The minimum Gasteiger partial charge on any atom is -0.393 e. The van der Waals surface area contributed by atoms with Crippen LogP contribution in [0.1, 0.15) is 19.3 Å². The van der Waals surface area contributed by atoms with E-state index in [0.29, 0.717) is 12.0 Å². The third-order valence-electron chi connectivity index (χ3n) is 2.98. The lowest BCUT2D eigenvalue weighted by Gasteiger charge is -2.32. The zero-order valence-electron chi connectivity index (χ0n) is 7.33. The molecule has 0 aliphatic carbocycles. The van der Waals surface area contributed by atoms with Gasteiger partial charge in [-0.15, -0.1) is 0 Å². The van der Waals surface area contributed by atoms with Crippen LogP contribution < -0.4 is 5.32 Å². The van der Waals surface area contributed by atoms with Crippen LogP contribution in [0.3, 0.4) is 0 Å². The molecule has 3 atom stereocenters. The highest BCUT2D eigenvalue weighted by Crippen LogP contribution is 2.23. The maximum atomic E-state index is 9.71. The smallest absolute Gasteiger partial charge is 0.0627 e. The molecule has 2 aliphatic rings. The molecule has 2 N–H and O–H groups in total. The minimum absolute atomic E-state index is 0.144. The van der Waals surface area contributed by atoms with Crippen LogP contribution in [0, 0.1) is 5.92 Å². The summed E-state index contributed by atoms with van der Waals surface area (Å²) < 4.78 is 5.36. The highest BCUT2D eigenvalue weighted by Gasteiger charge is 2.32. The second-order valence-electron chi connectivity index (χ2n) is 3.80. The maximum Gasteiger partial charge on any atom is 0.0627 e. The van der Waals surface area contributed by atoms with Gasteiger partial charge < -0.3 is 15.2 Å². The first-order chi connectivity index (χ1) is 5.88. The van der Waals surface area contributed by atoms with Crippen molar-refractivity contribution in [3.05, 3.63) is 0 Å². The standard InChI is InChI=1S/C9H17NO2/c11-9-3-5-12-6-7(9)8-2-1-4-10-8/h7-11H,1-6H2/t7-,8-,9-/m1/s1. The van der Waals surface area contributed by atoms with Crippen LogP contribution >= 0.6 is 0 Å². The van der Waals surface area contributed by atoms with E-state index in [1.54, 1.807) is 0 Å². The Bertz CT molecular complexity index is 145. The Morgan fingerprint density at radius 1 is 1.33 bits per heavy atom. The molecular formula is C9H17NO2. The number of ether oxygens (including phenoxy) is 1. The van der Waals surface area contributed by atoms with Gasteiger partial charge in [0.05, 0.1) is 12.7 Å². The van der Waals surface area contributed by atoms with E-state index in [0.717, 1.165) is 26.2 Å². The lowest BCUT2D eigenvalue weighted by atomic mass is 9.90. The highest BCUT2D eigenvalue weighted by atomic mass is 16.5. The Morgan fingerprint density at radius 2 is 2.25 bits per heavy atom. The first kappa shape index (κ1) is 8.48. The SMILES string of the molecule is O[C@@H]1CCOC[C@@H]1[C@H]1CCCN1. The number of rotatable bonds is 1. The van der Waals surface area contributed by atoms with Crippen molar-refractivity contribution >= 4 is 0 Å². The summed E-state index contributed by atoms with van der Waals surface area (Å²) in [6, 6.07) is 0.500. The minimum atomic E-state index is -0.144. The van der Waals surface area contributed by atoms with E-state index < -0.39 is 0 Å². The molecule has 0 aromatic carbocycles.